The molecule has 0 bridgehead atoms. The highest BCUT2D eigenvalue weighted by Gasteiger charge is 2.21. The van der Waals surface area contributed by atoms with Gasteiger partial charge in [0.05, 0.1) is 0 Å². The van der Waals surface area contributed by atoms with Crippen LogP contribution in [-0.2, 0) is 4.79 Å². The van der Waals surface area contributed by atoms with Gasteiger partial charge in [-0.3, -0.25) is 14.2 Å². The van der Waals surface area contributed by atoms with Crippen LogP contribution in [0.15, 0.2) is 77.7 Å². The average Bonchev–Trinajstić information content (AvgIpc) is 2.81. The Balaban J connectivity index is 1.65. The van der Waals surface area contributed by atoms with Crippen LogP contribution in [0.2, 0.25) is 5.02 Å². The Morgan fingerprint density at radius 3 is 2.24 bits per heavy atom. The molecule has 33 heavy (non-hydrogen) atoms. The van der Waals surface area contributed by atoms with Gasteiger partial charge in [-0.1, -0.05) is 17.7 Å². The van der Waals surface area contributed by atoms with Crippen LogP contribution < -0.4 is 27.2 Å². The summed E-state index contributed by atoms with van der Waals surface area (Å²) < 4.78 is 1.50. The van der Waals surface area contributed by atoms with Gasteiger partial charge >= 0.3 is 6.03 Å². The van der Waals surface area contributed by atoms with Crippen molar-refractivity contribution < 1.29 is 9.59 Å². The number of urea groups is 1. The second-order valence-corrected chi connectivity index (χ2v) is 7.82. The van der Waals surface area contributed by atoms with Crippen molar-refractivity contribution in [1.29, 1.82) is 0 Å². The Morgan fingerprint density at radius 1 is 0.909 bits per heavy atom. The second-order valence-electron chi connectivity index (χ2n) is 7.39. The lowest BCUT2D eigenvalue weighted by Crippen LogP contribution is -2.45. The maximum Gasteiger partial charge on any atom is 0.319 e. The van der Waals surface area contributed by atoms with Crippen molar-refractivity contribution >= 4 is 34.9 Å². The lowest BCUT2D eigenvalue weighted by atomic mass is 10.1. The molecule has 9 heteroatoms. The van der Waals surface area contributed by atoms with Crippen LogP contribution in [0.25, 0.3) is 5.69 Å². The zero-order chi connectivity index (χ0) is 23.6. The first-order chi connectivity index (χ1) is 16.0. The van der Waals surface area contributed by atoms with Crippen LogP contribution in [0.3, 0.4) is 0 Å². The summed E-state index contributed by atoms with van der Waals surface area (Å²) in [6.45, 7) is 0.506. The van der Waals surface area contributed by atoms with E-state index in [1.807, 2.05) is 0 Å². The van der Waals surface area contributed by atoms with E-state index < -0.39 is 12.1 Å². The van der Waals surface area contributed by atoms with E-state index in [2.05, 4.69) is 16.0 Å². The van der Waals surface area contributed by atoms with E-state index in [1.165, 1.54) is 10.6 Å². The number of hydrogen-bond donors (Lipinski definition) is 4. The molecule has 0 saturated carbocycles. The Kier molecular flexibility index (Phi) is 8.63. The maximum absolute atomic E-state index is 12.9. The number of anilines is 2. The summed E-state index contributed by atoms with van der Waals surface area (Å²) >= 11 is 5.87. The lowest BCUT2D eigenvalue weighted by Gasteiger charge is -2.19. The van der Waals surface area contributed by atoms with Crippen LogP contribution in [0, 0.1) is 0 Å². The number of unbranched alkanes of at least 4 members (excludes halogenated alkanes) is 1. The summed E-state index contributed by atoms with van der Waals surface area (Å²) in [6.07, 6.45) is 3.54. The molecule has 8 nitrogen and oxygen atoms in total. The number of carbonyl (C=O) groups is 2. The molecule has 0 fully saturated rings. The number of nitrogens with zero attached hydrogens (tertiary/aromatic N) is 1. The molecule has 0 aliphatic carbocycles. The molecule has 0 aliphatic rings. The number of nitrogens with one attached hydrogen (secondary N) is 3. The molecule has 3 amide bonds. The largest absolute Gasteiger partial charge is 0.330 e. The predicted molar refractivity (Wildman–Crippen MR) is 131 cm³/mol. The molecule has 3 aromatic rings. The van der Waals surface area contributed by atoms with E-state index in [-0.39, 0.29) is 11.5 Å². The molecule has 0 aliphatic heterocycles. The van der Waals surface area contributed by atoms with Crippen molar-refractivity contribution in [1.82, 2.24) is 9.88 Å². The number of aromatic nitrogens is 1. The van der Waals surface area contributed by atoms with Gasteiger partial charge in [-0.2, -0.15) is 0 Å². The van der Waals surface area contributed by atoms with Crippen LogP contribution in [0.4, 0.5) is 16.2 Å². The first-order valence-electron chi connectivity index (χ1n) is 10.6. The van der Waals surface area contributed by atoms with Gasteiger partial charge in [-0.05, 0) is 80.4 Å². The molecule has 1 unspecified atom stereocenters. The summed E-state index contributed by atoms with van der Waals surface area (Å²) in [4.78, 5) is 37.3. The van der Waals surface area contributed by atoms with Crippen LogP contribution in [0.5, 0.6) is 0 Å². The number of pyridine rings is 1. The number of rotatable bonds is 9. The monoisotopic (exact) mass is 467 g/mol. The van der Waals surface area contributed by atoms with Gasteiger partial charge in [-0.25, -0.2) is 4.79 Å². The Labute approximate surface area is 196 Å². The minimum atomic E-state index is -0.750. The maximum atomic E-state index is 12.9. The first kappa shape index (κ1) is 24.0. The topological polar surface area (TPSA) is 118 Å². The molecule has 0 saturated heterocycles. The smallest absolute Gasteiger partial charge is 0.319 e. The molecule has 172 valence electrons. The van der Waals surface area contributed by atoms with Gasteiger partial charge < -0.3 is 21.7 Å². The van der Waals surface area contributed by atoms with E-state index in [0.717, 1.165) is 6.42 Å². The summed E-state index contributed by atoms with van der Waals surface area (Å²) in [6, 6.07) is 17.2. The molecule has 5 N–H and O–H groups in total. The number of amides is 3. The molecule has 1 heterocycles. The molecule has 1 atom stereocenters. The van der Waals surface area contributed by atoms with Crippen LogP contribution >= 0.6 is 11.6 Å². The fourth-order valence-electron chi connectivity index (χ4n) is 3.20. The minimum Gasteiger partial charge on any atom is -0.330 e. The molecule has 0 spiro atoms. The Morgan fingerprint density at radius 2 is 1.58 bits per heavy atom. The molecular weight excluding hydrogens is 442 g/mol. The number of benzene rings is 2. The summed E-state index contributed by atoms with van der Waals surface area (Å²) in [5.74, 6) is -0.345. The van der Waals surface area contributed by atoms with Crippen molar-refractivity contribution in [3.63, 3.8) is 0 Å². The summed E-state index contributed by atoms with van der Waals surface area (Å²) in [7, 11) is 0. The van der Waals surface area contributed by atoms with E-state index in [9.17, 15) is 14.4 Å². The zero-order valence-corrected chi connectivity index (χ0v) is 18.7. The first-order valence-corrected chi connectivity index (χ1v) is 11.0. The Hall–Kier alpha value is -3.62. The number of hydrogen-bond acceptors (Lipinski definition) is 4. The van der Waals surface area contributed by atoms with Crippen molar-refractivity contribution in [3.8, 4) is 5.69 Å². The summed E-state index contributed by atoms with van der Waals surface area (Å²) in [5, 5.41) is 8.80. The fourth-order valence-corrected chi connectivity index (χ4v) is 3.32. The molecule has 0 radical (unpaired) electrons. The second kappa shape index (κ2) is 11.8. The SMILES string of the molecule is NCCCCC(NC(=O)Nc1ccc(Cl)cc1)C(=O)Nc1ccc(-n2ccccc2=O)cc1. The third-order valence-electron chi connectivity index (χ3n) is 4.91. The van der Waals surface area contributed by atoms with Crippen molar-refractivity contribution in [3.05, 3.63) is 88.3 Å². The molecule has 3 rings (SSSR count). The van der Waals surface area contributed by atoms with Gasteiger partial charge in [0.1, 0.15) is 6.04 Å². The molecule has 1 aromatic heterocycles. The van der Waals surface area contributed by atoms with E-state index >= 15 is 0 Å². The normalized spacial score (nSPS) is 11.5. The van der Waals surface area contributed by atoms with Crippen LogP contribution in [0.1, 0.15) is 19.3 Å². The number of halogens is 1. The van der Waals surface area contributed by atoms with Gasteiger partial charge in [0.15, 0.2) is 0 Å². The molecule has 2 aromatic carbocycles. The Bertz CT molecular complexity index is 1130. The number of carbonyl (C=O) groups excluding carboxylic acids is 2. The van der Waals surface area contributed by atoms with Crippen molar-refractivity contribution in [2.45, 2.75) is 25.3 Å². The van der Waals surface area contributed by atoms with Gasteiger partial charge in [0.2, 0.25) is 5.91 Å². The standard InChI is InChI=1S/C24H26ClN5O3/c25-17-7-9-19(10-8-17)28-24(33)29-21(5-1-3-15-26)23(32)27-18-11-13-20(14-12-18)30-16-4-2-6-22(30)31/h2,4,6-14,16,21H,1,3,5,15,26H2,(H,27,32)(H2,28,29,33). The minimum absolute atomic E-state index is 0.148. The van der Waals surface area contributed by atoms with E-state index in [1.54, 1.807) is 66.9 Å². The van der Waals surface area contributed by atoms with Crippen LogP contribution in [-0.4, -0.2) is 29.1 Å². The summed E-state index contributed by atoms with van der Waals surface area (Å²) in [5.41, 5.74) is 7.21. The predicted octanol–water partition coefficient (Wildman–Crippen LogP) is 3.75. The third kappa shape index (κ3) is 7.20. The van der Waals surface area contributed by atoms with Gasteiger partial charge in [-0.15, -0.1) is 0 Å². The highest BCUT2D eigenvalue weighted by atomic mass is 35.5. The highest BCUT2D eigenvalue weighted by Crippen LogP contribution is 2.15. The van der Waals surface area contributed by atoms with Crippen molar-refractivity contribution in [2.75, 3.05) is 17.2 Å². The zero-order valence-electron chi connectivity index (χ0n) is 18.0. The van der Waals surface area contributed by atoms with E-state index in [4.69, 9.17) is 17.3 Å². The molecular formula is C24H26ClN5O3. The van der Waals surface area contributed by atoms with Gasteiger partial charge in [0, 0.05) is 34.3 Å². The van der Waals surface area contributed by atoms with E-state index in [0.29, 0.717) is 41.5 Å². The number of nitrogens with two attached hydrogens (primary N) is 1. The average molecular weight is 468 g/mol. The third-order valence-corrected chi connectivity index (χ3v) is 5.16. The fraction of sp³-hybridized carbons (Fsp3) is 0.208. The quantitative estimate of drug-likeness (QED) is 0.358. The highest BCUT2D eigenvalue weighted by molar-refractivity contribution is 6.30. The lowest BCUT2D eigenvalue weighted by molar-refractivity contribution is -0.118. The van der Waals surface area contributed by atoms with Crippen molar-refractivity contribution in [2.24, 2.45) is 5.73 Å². The van der Waals surface area contributed by atoms with Gasteiger partial charge in [0.25, 0.3) is 5.56 Å².